The third-order valence-electron chi connectivity index (χ3n) is 4.33. The summed E-state index contributed by atoms with van der Waals surface area (Å²) >= 11 is 0. The molecule has 0 bridgehead atoms. The fourth-order valence-electron chi connectivity index (χ4n) is 3.29. The van der Waals surface area contributed by atoms with E-state index in [-0.39, 0.29) is 0 Å². The second-order valence-electron chi connectivity index (χ2n) is 6.09. The highest BCUT2D eigenvalue weighted by molar-refractivity contribution is 5.16. The molecule has 118 valence electrons. The van der Waals surface area contributed by atoms with Crippen molar-refractivity contribution in [1.82, 2.24) is 10.2 Å². The Hall–Kier alpha value is -0.900. The predicted octanol–water partition coefficient (Wildman–Crippen LogP) is 2.71. The van der Waals surface area contributed by atoms with Crippen LogP contribution in [0.4, 0.5) is 0 Å². The van der Waals surface area contributed by atoms with Gasteiger partial charge >= 0.3 is 0 Å². The van der Waals surface area contributed by atoms with Crippen LogP contribution in [-0.4, -0.2) is 50.3 Å². The van der Waals surface area contributed by atoms with Crippen LogP contribution >= 0.6 is 0 Å². The molecule has 1 aliphatic rings. The fourth-order valence-corrected chi connectivity index (χ4v) is 3.29. The van der Waals surface area contributed by atoms with Crippen LogP contribution in [0.2, 0.25) is 0 Å². The molecule has 1 heterocycles. The third kappa shape index (κ3) is 5.42. The summed E-state index contributed by atoms with van der Waals surface area (Å²) in [5.74, 6) is 0. The molecular formula is C18H30N2O. The van der Waals surface area contributed by atoms with Gasteiger partial charge in [-0.15, -0.1) is 0 Å². The van der Waals surface area contributed by atoms with Gasteiger partial charge in [-0.05, 0) is 37.9 Å². The van der Waals surface area contributed by atoms with E-state index in [0.29, 0.717) is 12.1 Å². The first-order valence-corrected chi connectivity index (χ1v) is 8.33. The molecule has 2 unspecified atom stereocenters. The first-order valence-electron chi connectivity index (χ1n) is 8.33. The number of ether oxygens (including phenoxy) is 1. The average Bonchev–Trinajstić information content (AvgIpc) is 2.74. The van der Waals surface area contributed by atoms with Gasteiger partial charge < -0.3 is 10.1 Å². The topological polar surface area (TPSA) is 24.5 Å². The van der Waals surface area contributed by atoms with Crippen molar-refractivity contribution in [1.29, 1.82) is 0 Å². The summed E-state index contributed by atoms with van der Waals surface area (Å²) in [5, 5.41) is 3.72. The summed E-state index contributed by atoms with van der Waals surface area (Å²) < 4.78 is 5.44. The zero-order chi connectivity index (χ0) is 14.9. The van der Waals surface area contributed by atoms with Crippen LogP contribution in [0.25, 0.3) is 0 Å². The van der Waals surface area contributed by atoms with Crippen LogP contribution in [-0.2, 0) is 11.2 Å². The summed E-state index contributed by atoms with van der Waals surface area (Å²) in [6.45, 7) is 6.56. The molecule has 0 saturated carbocycles. The Kier molecular flexibility index (Phi) is 7.20. The number of benzene rings is 1. The van der Waals surface area contributed by atoms with Crippen molar-refractivity contribution in [3.63, 3.8) is 0 Å². The van der Waals surface area contributed by atoms with Gasteiger partial charge in [0.2, 0.25) is 0 Å². The summed E-state index contributed by atoms with van der Waals surface area (Å²) in [4.78, 5) is 2.64. The molecule has 1 fully saturated rings. The Morgan fingerprint density at radius 1 is 1.33 bits per heavy atom. The van der Waals surface area contributed by atoms with E-state index < -0.39 is 0 Å². The van der Waals surface area contributed by atoms with Gasteiger partial charge in [-0.2, -0.15) is 0 Å². The molecule has 0 aliphatic carbocycles. The molecule has 0 amide bonds. The van der Waals surface area contributed by atoms with Gasteiger partial charge in [-0.3, -0.25) is 4.90 Å². The SMILES string of the molecule is CCCC(COC)N1CCCNC(Cc2ccccc2)C1. The summed E-state index contributed by atoms with van der Waals surface area (Å²) in [7, 11) is 1.82. The van der Waals surface area contributed by atoms with Crippen LogP contribution in [0, 0.1) is 0 Å². The van der Waals surface area contributed by atoms with E-state index in [0.717, 1.165) is 26.1 Å². The maximum Gasteiger partial charge on any atom is 0.0618 e. The Morgan fingerprint density at radius 3 is 2.86 bits per heavy atom. The Morgan fingerprint density at radius 2 is 2.14 bits per heavy atom. The Bertz CT molecular complexity index is 376. The fraction of sp³-hybridized carbons (Fsp3) is 0.667. The first-order chi connectivity index (χ1) is 10.3. The third-order valence-corrected chi connectivity index (χ3v) is 4.33. The van der Waals surface area contributed by atoms with Crippen molar-refractivity contribution >= 4 is 0 Å². The summed E-state index contributed by atoms with van der Waals surface area (Å²) in [6, 6.07) is 11.9. The number of methoxy groups -OCH3 is 1. The lowest BCUT2D eigenvalue weighted by molar-refractivity contribution is 0.0831. The van der Waals surface area contributed by atoms with Gasteiger partial charge in [0, 0.05) is 25.7 Å². The molecule has 1 N–H and O–H groups in total. The smallest absolute Gasteiger partial charge is 0.0618 e. The molecule has 1 aliphatic heterocycles. The summed E-state index contributed by atoms with van der Waals surface area (Å²) in [6.07, 6.45) is 4.80. The lowest BCUT2D eigenvalue weighted by atomic mass is 10.0. The van der Waals surface area contributed by atoms with Gasteiger partial charge in [0.05, 0.1) is 6.61 Å². The Balaban J connectivity index is 1.96. The van der Waals surface area contributed by atoms with Crippen LogP contribution in [0.3, 0.4) is 0 Å². The molecule has 2 atom stereocenters. The van der Waals surface area contributed by atoms with Crippen molar-refractivity contribution in [2.45, 2.75) is 44.7 Å². The van der Waals surface area contributed by atoms with E-state index in [1.54, 1.807) is 0 Å². The second kappa shape index (κ2) is 9.19. The zero-order valence-corrected chi connectivity index (χ0v) is 13.6. The van der Waals surface area contributed by atoms with Gasteiger partial charge in [0.25, 0.3) is 0 Å². The average molecular weight is 290 g/mol. The summed E-state index contributed by atoms with van der Waals surface area (Å²) in [5.41, 5.74) is 1.43. The van der Waals surface area contributed by atoms with E-state index in [2.05, 4.69) is 47.5 Å². The number of nitrogens with zero attached hydrogens (tertiary/aromatic N) is 1. The minimum absolute atomic E-state index is 0.547. The van der Waals surface area contributed by atoms with E-state index in [4.69, 9.17) is 4.74 Å². The minimum atomic E-state index is 0.547. The molecule has 1 aromatic rings. The largest absolute Gasteiger partial charge is 0.383 e. The number of nitrogens with one attached hydrogen (secondary N) is 1. The van der Waals surface area contributed by atoms with E-state index in [9.17, 15) is 0 Å². The van der Waals surface area contributed by atoms with Crippen molar-refractivity contribution in [3.8, 4) is 0 Å². The quantitative estimate of drug-likeness (QED) is 0.835. The molecule has 0 spiro atoms. The zero-order valence-electron chi connectivity index (χ0n) is 13.6. The molecule has 3 nitrogen and oxygen atoms in total. The molecule has 21 heavy (non-hydrogen) atoms. The molecule has 1 aromatic carbocycles. The monoisotopic (exact) mass is 290 g/mol. The van der Waals surface area contributed by atoms with Crippen molar-refractivity contribution in [2.24, 2.45) is 0 Å². The van der Waals surface area contributed by atoms with Crippen LogP contribution in [0.1, 0.15) is 31.7 Å². The normalized spacial score (nSPS) is 21.9. The first kappa shape index (κ1) is 16.5. The maximum absolute atomic E-state index is 5.44. The molecule has 1 saturated heterocycles. The number of rotatable bonds is 7. The van der Waals surface area contributed by atoms with Crippen molar-refractivity contribution < 1.29 is 4.74 Å². The van der Waals surface area contributed by atoms with Gasteiger partial charge in [0.1, 0.15) is 0 Å². The standard InChI is InChI=1S/C18H30N2O/c1-3-8-18(15-21-2)20-12-7-11-19-17(14-20)13-16-9-5-4-6-10-16/h4-6,9-10,17-19H,3,7-8,11-15H2,1-2H3. The highest BCUT2D eigenvalue weighted by Crippen LogP contribution is 2.14. The lowest BCUT2D eigenvalue weighted by Crippen LogP contribution is -2.45. The predicted molar refractivity (Wildman–Crippen MR) is 88.7 cm³/mol. The molecular weight excluding hydrogens is 260 g/mol. The van der Waals surface area contributed by atoms with Crippen LogP contribution in [0.15, 0.2) is 30.3 Å². The van der Waals surface area contributed by atoms with Crippen molar-refractivity contribution in [3.05, 3.63) is 35.9 Å². The molecule has 3 heteroatoms. The van der Waals surface area contributed by atoms with Crippen LogP contribution in [0.5, 0.6) is 0 Å². The lowest BCUT2D eigenvalue weighted by Gasteiger charge is -2.32. The molecule has 0 radical (unpaired) electrons. The van der Waals surface area contributed by atoms with Gasteiger partial charge in [-0.1, -0.05) is 43.7 Å². The molecule has 0 aromatic heterocycles. The second-order valence-corrected chi connectivity index (χ2v) is 6.09. The number of hydrogen-bond donors (Lipinski definition) is 1. The van der Waals surface area contributed by atoms with E-state index in [1.165, 1.54) is 31.4 Å². The minimum Gasteiger partial charge on any atom is -0.383 e. The highest BCUT2D eigenvalue weighted by Gasteiger charge is 2.23. The van der Waals surface area contributed by atoms with Gasteiger partial charge in [-0.25, -0.2) is 0 Å². The van der Waals surface area contributed by atoms with E-state index >= 15 is 0 Å². The van der Waals surface area contributed by atoms with Crippen molar-refractivity contribution in [2.75, 3.05) is 33.4 Å². The molecule has 2 rings (SSSR count). The van der Waals surface area contributed by atoms with Crippen LogP contribution < -0.4 is 5.32 Å². The van der Waals surface area contributed by atoms with E-state index in [1.807, 2.05) is 7.11 Å². The Labute approximate surface area is 129 Å². The number of hydrogen-bond acceptors (Lipinski definition) is 3. The highest BCUT2D eigenvalue weighted by atomic mass is 16.5. The van der Waals surface area contributed by atoms with Gasteiger partial charge in [0.15, 0.2) is 0 Å². The maximum atomic E-state index is 5.44.